The van der Waals surface area contributed by atoms with Gasteiger partial charge in [-0.2, -0.15) is 0 Å². The molecule has 164 valence electrons. The molecule has 1 heterocycles. The maximum atomic E-state index is 11.0. The Bertz CT molecular complexity index is 789. The summed E-state index contributed by atoms with van der Waals surface area (Å²) in [5, 5.41) is 11.0. The van der Waals surface area contributed by atoms with Gasteiger partial charge in [-0.15, -0.1) is 0 Å². The van der Waals surface area contributed by atoms with Crippen molar-refractivity contribution in [1.29, 1.82) is 0 Å². The van der Waals surface area contributed by atoms with Gasteiger partial charge in [-0.3, -0.25) is 4.90 Å². The number of phenolic OH excluding ortho intramolecular Hbond substituents is 1. The SMILES string of the molecule is CC(C)(C)c1cc(CCC(c2ccccc2)N2CCOCC2)cc(C(C)(C)C)c1O. The van der Waals surface area contributed by atoms with E-state index >= 15 is 0 Å². The van der Waals surface area contributed by atoms with Gasteiger partial charge in [0.15, 0.2) is 0 Å². The lowest BCUT2D eigenvalue weighted by Gasteiger charge is -2.35. The molecule has 1 saturated heterocycles. The van der Waals surface area contributed by atoms with Crippen molar-refractivity contribution in [3.05, 3.63) is 64.7 Å². The fourth-order valence-corrected chi connectivity index (χ4v) is 4.41. The van der Waals surface area contributed by atoms with Gasteiger partial charge >= 0.3 is 0 Å². The molecule has 0 radical (unpaired) electrons. The van der Waals surface area contributed by atoms with Crippen molar-refractivity contribution in [2.24, 2.45) is 0 Å². The molecule has 0 saturated carbocycles. The maximum Gasteiger partial charge on any atom is 0.123 e. The van der Waals surface area contributed by atoms with Crippen LogP contribution in [0.1, 0.15) is 76.3 Å². The van der Waals surface area contributed by atoms with Gasteiger partial charge in [0.1, 0.15) is 5.75 Å². The first-order valence-electron chi connectivity index (χ1n) is 11.3. The molecular formula is C27H39NO2. The average Bonchev–Trinajstić information content (AvgIpc) is 2.69. The van der Waals surface area contributed by atoms with Crippen LogP contribution in [0.4, 0.5) is 0 Å². The Morgan fingerprint density at radius 3 is 1.93 bits per heavy atom. The molecule has 3 rings (SSSR count). The van der Waals surface area contributed by atoms with E-state index in [4.69, 9.17) is 4.74 Å². The number of hydrogen-bond acceptors (Lipinski definition) is 3. The van der Waals surface area contributed by atoms with Crippen molar-refractivity contribution >= 4 is 0 Å². The van der Waals surface area contributed by atoms with Crippen LogP contribution in [0.3, 0.4) is 0 Å². The number of phenols is 1. The van der Waals surface area contributed by atoms with Crippen LogP contribution in [0.15, 0.2) is 42.5 Å². The zero-order valence-corrected chi connectivity index (χ0v) is 19.7. The van der Waals surface area contributed by atoms with Gasteiger partial charge in [-0.05, 0) is 45.9 Å². The lowest BCUT2D eigenvalue weighted by Crippen LogP contribution is -2.39. The molecule has 0 amide bonds. The van der Waals surface area contributed by atoms with Crippen LogP contribution in [0.2, 0.25) is 0 Å². The van der Waals surface area contributed by atoms with E-state index in [2.05, 4.69) is 88.9 Å². The molecule has 2 aromatic rings. The molecule has 1 N–H and O–H groups in total. The van der Waals surface area contributed by atoms with Crippen LogP contribution in [0.5, 0.6) is 5.75 Å². The minimum atomic E-state index is -0.0941. The zero-order valence-electron chi connectivity index (χ0n) is 19.7. The van der Waals surface area contributed by atoms with E-state index in [-0.39, 0.29) is 10.8 Å². The fraction of sp³-hybridized carbons (Fsp3) is 0.556. The molecular weight excluding hydrogens is 370 g/mol. The first-order chi connectivity index (χ1) is 14.1. The summed E-state index contributed by atoms with van der Waals surface area (Å²) in [6.45, 7) is 16.7. The van der Waals surface area contributed by atoms with Crippen molar-refractivity contribution < 1.29 is 9.84 Å². The molecule has 30 heavy (non-hydrogen) atoms. The van der Waals surface area contributed by atoms with E-state index in [9.17, 15) is 5.11 Å². The molecule has 3 nitrogen and oxygen atoms in total. The molecule has 3 heteroatoms. The first-order valence-corrected chi connectivity index (χ1v) is 11.3. The van der Waals surface area contributed by atoms with Gasteiger partial charge in [0.25, 0.3) is 0 Å². The van der Waals surface area contributed by atoms with Crippen LogP contribution in [-0.2, 0) is 22.0 Å². The quantitative estimate of drug-likeness (QED) is 0.658. The Kier molecular flexibility index (Phi) is 6.94. The number of benzene rings is 2. The molecule has 1 aliphatic heterocycles. The van der Waals surface area contributed by atoms with Gasteiger partial charge in [-0.1, -0.05) is 84.0 Å². The van der Waals surface area contributed by atoms with E-state index in [1.165, 1.54) is 11.1 Å². The Balaban J connectivity index is 1.91. The molecule has 0 spiro atoms. The van der Waals surface area contributed by atoms with E-state index in [1.807, 2.05) is 0 Å². The minimum Gasteiger partial charge on any atom is -0.507 e. The third-order valence-electron chi connectivity index (χ3n) is 6.16. The second kappa shape index (κ2) is 9.11. The summed E-state index contributed by atoms with van der Waals surface area (Å²) in [7, 11) is 0. The highest BCUT2D eigenvalue weighted by atomic mass is 16.5. The lowest BCUT2D eigenvalue weighted by atomic mass is 9.78. The van der Waals surface area contributed by atoms with Crippen molar-refractivity contribution in [1.82, 2.24) is 4.90 Å². The van der Waals surface area contributed by atoms with Crippen LogP contribution in [0, 0.1) is 0 Å². The number of morpholine rings is 1. The molecule has 0 aromatic heterocycles. The third kappa shape index (κ3) is 5.44. The Labute approximate surface area is 183 Å². The van der Waals surface area contributed by atoms with Gasteiger partial charge in [0.2, 0.25) is 0 Å². The lowest BCUT2D eigenvalue weighted by molar-refractivity contribution is 0.0143. The normalized spacial score (nSPS) is 17.1. The predicted octanol–water partition coefficient (Wildman–Crippen LogP) is 5.99. The molecule has 1 unspecified atom stereocenters. The highest BCUT2D eigenvalue weighted by molar-refractivity contribution is 5.50. The van der Waals surface area contributed by atoms with E-state index in [1.54, 1.807) is 0 Å². The highest BCUT2D eigenvalue weighted by Crippen LogP contribution is 2.40. The number of rotatable bonds is 5. The number of nitrogens with zero attached hydrogens (tertiary/aromatic N) is 1. The predicted molar refractivity (Wildman–Crippen MR) is 125 cm³/mol. The summed E-state index contributed by atoms with van der Waals surface area (Å²) >= 11 is 0. The third-order valence-corrected chi connectivity index (χ3v) is 6.16. The fourth-order valence-electron chi connectivity index (χ4n) is 4.41. The van der Waals surface area contributed by atoms with E-state index in [0.717, 1.165) is 50.3 Å². The molecule has 1 fully saturated rings. The smallest absolute Gasteiger partial charge is 0.123 e. The zero-order chi connectivity index (χ0) is 21.9. The monoisotopic (exact) mass is 409 g/mol. The van der Waals surface area contributed by atoms with Crippen LogP contribution in [-0.4, -0.2) is 36.3 Å². The topological polar surface area (TPSA) is 32.7 Å². The Morgan fingerprint density at radius 2 is 1.43 bits per heavy atom. The summed E-state index contributed by atoms with van der Waals surface area (Å²) in [5.41, 5.74) is 4.61. The van der Waals surface area contributed by atoms with Crippen molar-refractivity contribution in [3.8, 4) is 5.75 Å². The first kappa shape index (κ1) is 22.8. The highest BCUT2D eigenvalue weighted by Gasteiger charge is 2.27. The minimum absolute atomic E-state index is 0.0941. The van der Waals surface area contributed by atoms with Crippen LogP contribution >= 0.6 is 0 Å². The van der Waals surface area contributed by atoms with E-state index < -0.39 is 0 Å². The average molecular weight is 410 g/mol. The number of ether oxygens (including phenoxy) is 1. The van der Waals surface area contributed by atoms with Crippen molar-refractivity contribution in [3.63, 3.8) is 0 Å². The van der Waals surface area contributed by atoms with Gasteiger partial charge < -0.3 is 9.84 Å². The van der Waals surface area contributed by atoms with Crippen molar-refractivity contribution in [2.45, 2.75) is 71.3 Å². The second-order valence-electron chi connectivity index (χ2n) is 10.7. The summed E-state index contributed by atoms with van der Waals surface area (Å²) in [6.07, 6.45) is 2.05. The molecule has 1 aliphatic rings. The van der Waals surface area contributed by atoms with E-state index in [0.29, 0.717) is 11.8 Å². The van der Waals surface area contributed by atoms with Gasteiger partial charge in [0, 0.05) is 19.1 Å². The number of aromatic hydroxyl groups is 1. The maximum absolute atomic E-state index is 11.0. The standard InChI is InChI=1S/C27H39NO2/c1-26(2,3)22-18-20(19-23(25(22)29)27(4,5)6)12-13-24(21-10-8-7-9-11-21)28-14-16-30-17-15-28/h7-11,18-19,24,29H,12-17H2,1-6H3. The number of aryl methyl sites for hydroxylation is 1. The van der Waals surface area contributed by atoms with Gasteiger partial charge in [0.05, 0.1) is 13.2 Å². The molecule has 1 atom stereocenters. The Hall–Kier alpha value is -1.84. The molecule has 2 aromatic carbocycles. The summed E-state index contributed by atoms with van der Waals surface area (Å²) < 4.78 is 5.60. The largest absolute Gasteiger partial charge is 0.507 e. The second-order valence-corrected chi connectivity index (χ2v) is 10.7. The van der Waals surface area contributed by atoms with Crippen LogP contribution in [0.25, 0.3) is 0 Å². The van der Waals surface area contributed by atoms with Gasteiger partial charge in [-0.25, -0.2) is 0 Å². The Morgan fingerprint density at radius 1 is 0.900 bits per heavy atom. The summed E-state index contributed by atoms with van der Waals surface area (Å²) in [4.78, 5) is 2.56. The summed E-state index contributed by atoms with van der Waals surface area (Å²) in [6, 6.07) is 15.7. The van der Waals surface area contributed by atoms with Crippen LogP contribution < -0.4 is 0 Å². The molecule has 0 aliphatic carbocycles. The summed E-state index contributed by atoms with van der Waals surface area (Å²) in [5.74, 6) is 0.464. The molecule has 0 bridgehead atoms. The number of hydrogen-bond donors (Lipinski definition) is 1. The van der Waals surface area contributed by atoms with Crippen molar-refractivity contribution in [2.75, 3.05) is 26.3 Å².